The summed E-state index contributed by atoms with van der Waals surface area (Å²) in [4.78, 5) is 5.16. The molecule has 2 nitrogen and oxygen atoms in total. The van der Waals surface area contributed by atoms with Gasteiger partial charge in [0.05, 0.1) is 11.4 Å². The molecule has 190 valence electrons. The maximum atomic E-state index is 5.16. The predicted molar refractivity (Wildman–Crippen MR) is 169 cm³/mol. The van der Waals surface area contributed by atoms with E-state index in [0.29, 0.717) is 0 Å². The third kappa shape index (κ3) is 3.53. The first kappa shape index (κ1) is 23.0. The molecule has 1 heterocycles. The number of rotatable bonds is 3. The Morgan fingerprint density at radius 2 is 1.25 bits per heavy atom. The average Bonchev–Trinajstić information content (AvgIpc) is 3.35. The zero-order chi connectivity index (χ0) is 26.6. The number of imidazole rings is 1. The summed E-state index contributed by atoms with van der Waals surface area (Å²) in [6, 6.07) is 43.9. The van der Waals surface area contributed by atoms with Crippen LogP contribution in [0.2, 0.25) is 0 Å². The summed E-state index contributed by atoms with van der Waals surface area (Å²) in [7, 11) is 2.13. The van der Waals surface area contributed by atoms with Crippen LogP contribution in [0.1, 0.15) is 22.9 Å². The quantitative estimate of drug-likeness (QED) is 0.216. The molecule has 1 aliphatic carbocycles. The Balaban J connectivity index is 1.33. The summed E-state index contributed by atoms with van der Waals surface area (Å²) >= 11 is 0. The lowest BCUT2D eigenvalue weighted by Gasteiger charge is -2.23. The summed E-state index contributed by atoms with van der Waals surface area (Å²) in [5.74, 6) is 1.27. The minimum atomic E-state index is 0.242. The number of allylic oxidation sites excluding steroid dienone is 1. The Morgan fingerprint density at radius 3 is 1.98 bits per heavy atom. The molecule has 8 rings (SSSR count). The van der Waals surface area contributed by atoms with Gasteiger partial charge >= 0.3 is 0 Å². The first-order valence-corrected chi connectivity index (χ1v) is 14.0. The number of nitrogens with zero attached hydrogens (tertiary/aromatic N) is 2. The molecule has 40 heavy (non-hydrogen) atoms. The van der Waals surface area contributed by atoms with E-state index < -0.39 is 0 Å². The molecule has 0 aliphatic heterocycles. The fourth-order valence-electron chi connectivity index (χ4n) is 6.67. The number of aromatic nitrogens is 2. The van der Waals surface area contributed by atoms with Crippen molar-refractivity contribution in [2.75, 3.05) is 0 Å². The molecule has 1 unspecified atom stereocenters. The lowest BCUT2D eigenvalue weighted by molar-refractivity contribution is 0.809. The molecule has 7 aromatic rings. The van der Waals surface area contributed by atoms with E-state index in [2.05, 4.69) is 145 Å². The summed E-state index contributed by atoms with van der Waals surface area (Å²) in [5, 5.41) is 7.78. The molecular formula is C38H28N2. The fraction of sp³-hybridized carbons (Fsp3) is 0.0789. The van der Waals surface area contributed by atoms with Gasteiger partial charge in [-0.05, 0) is 61.2 Å². The first-order valence-electron chi connectivity index (χ1n) is 14.0. The minimum absolute atomic E-state index is 0.242. The Bertz CT molecular complexity index is 2040. The van der Waals surface area contributed by atoms with Gasteiger partial charge in [-0.25, -0.2) is 4.98 Å². The molecule has 0 N–H and O–H groups in total. The second-order valence-electron chi connectivity index (χ2n) is 10.8. The maximum absolute atomic E-state index is 5.16. The summed E-state index contributed by atoms with van der Waals surface area (Å²) in [6.45, 7) is 0. The number of hydrogen-bond donors (Lipinski definition) is 0. The van der Waals surface area contributed by atoms with E-state index >= 15 is 0 Å². The molecule has 2 heteroatoms. The van der Waals surface area contributed by atoms with Crippen molar-refractivity contribution in [3.8, 4) is 22.5 Å². The SMILES string of the molecule is Cn1c(-c2ccccc2)nc2c1C=CC(c1c3ccccc3c(-c3ccc4ccccc4c3)c3ccccc13)C2. The van der Waals surface area contributed by atoms with Gasteiger partial charge in [-0.15, -0.1) is 0 Å². The highest BCUT2D eigenvalue weighted by molar-refractivity contribution is 6.16. The van der Waals surface area contributed by atoms with E-state index in [9.17, 15) is 0 Å². The highest BCUT2D eigenvalue weighted by atomic mass is 15.1. The van der Waals surface area contributed by atoms with Crippen LogP contribution in [0.15, 0.2) is 127 Å². The van der Waals surface area contributed by atoms with Crippen LogP contribution < -0.4 is 0 Å². The number of fused-ring (bicyclic) bond motifs is 4. The van der Waals surface area contributed by atoms with Crippen molar-refractivity contribution in [2.24, 2.45) is 7.05 Å². The Kier molecular flexibility index (Phi) is 5.21. The highest BCUT2D eigenvalue weighted by Gasteiger charge is 2.26. The zero-order valence-electron chi connectivity index (χ0n) is 22.4. The lowest BCUT2D eigenvalue weighted by atomic mass is 9.80. The molecule has 0 fully saturated rings. The normalized spacial score (nSPS) is 14.7. The fourth-order valence-corrected chi connectivity index (χ4v) is 6.67. The van der Waals surface area contributed by atoms with Gasteiger partial charge in [-0.3, -0.25) is 0 Å². The molecule has 0 saturated carbocycles. The Morgan fingerprint density at radius 1 is 0.625 bits per heavy atom. The van der Waals surface area contributed by atoms with E-state index in [1.54, 1.807) is 0 Å². The molecular weight excluding hydrogens is 484 g/mol. The largest absolute Gasteiger partial charge is 0.327 e. The smallest absolute Gasteiger partial charge is 0.140 e. The topological polar surface area (TPSA) is 17.8 Å². The van der Waals surface area contributed by atoms with Crippen molar-refractivity contribution in [3.05, 3.63) is 144 Å². The van der Waals surface area contributed by atoms with Crippen molar-refractivity contribution in [1.29, 1.82) is 0 Å². The van der Waals surface area contributed by atoms with Crippen LogP contribution in [-0.2, 0) is 13.5 Å². The second kappa shape index (κ2) is 9.07. The van der Waals surface area contributed by atoms with Crippen LogP contribution >= 0.6 is 0 Å². The monoisotopic (exact) mass is 512 g/mol. The van der Waals surface area contributed by atoms with E-state index in [4.69, 9.17) is 4.98 Å². The third-order valence-electron chi connectivity index (χ3n) is 8.53. The first-order chi connectivity index (χ1) is 19.8. The van der Waals surface area contributed by atoms with Crippen LogP contribution in [0.3, 0.4) is 0 Å². The van der Waals surface area contributed by atoms with Crippen molar-refractivity contribution in [2.45, 2.75) is 12.3 Å². The maximum Gasteiger partial charge on any atom is 0.140 e. The molecule has 1 atom stereocenters. The van der Waals surface area contributed by atoms with E-state index in [1.165, 1.54) is 60.4 Å². The summed E-state index contributed by atoms with van der Waals surface area (Å²) < 4.78 is 2.23. The number of benzene rings is 6. The third-order valence-corrected chi connectivity index (χ3v) is 8.53. The van der Waals surface area contributed by atoms with Crippen molar-refractivity contribution < 1.29 is 0 Å². The summed E-state index contributed by atoms with van der Waals surface area (Å²) in [5.41, 5.74) is 7.49. The molecule has 1 aliphatic rings. The van der Waals surface area contributed by atoms with Crippen molar-refractivity contribution in [3.63, 3.8) is 0 Å². The van der Waals surface area contributed by atoms with Gasteiger partial charge in [0.15, 0.2) is 0 Å². The molecule has 0 saturated heterocycles. The van der Waals surface area contributed by atoms with Gasteiger partial charge in [0, 0.05) is 24.9 Å². The zero-order valence-corrected chi connectivity index (χ0v) is 22.4. The van der Waals surface area contributed by atoms with Crippen LogP contribution in [0, 0.1) is 0 Å². The molecule has 0 radical (unpaired) electrons. The van der Waals surface area contributed by atoms with Gasteiger partial charge in [-0.1, -0.05) is 121 Å². The molecule has 0 amide bonds. The van der Waals surface area contributed by atoms with E-state index in [0.717, 1.165) is 17.8 Å². The van der Waals surface area contributed by atoms with Crippen molar-refractivity contribution >= 4 is 38.4 Å². The van der Waals surface area contributed by atoms with E-state index in [-0.39, 0.29) is 5.92 Å². The second-order valence-corrected chi connectivity index (χ2v) is 10.8. The van der Waals surface area contributed by atoms with Crippen molar-refractivity contribution in [1.82, 2.24) is 9.55 Å². The van der Waals surface area contributed by atoms with Gasteiger partial charge < -0.3 is 4.57 Å². The van der Waals surface area contributed by atoms with Gasteiger partial charge in [-0.2, -0.15) is 0 Å². The van der Waals surface area contributed by atoms with Crippen LogP contribution in [-0.4, -0.2) is 9.55 Å². The molecule has 1 aromatic heterocycles. The van der Waals surface area contributed by atoms with Crippen LogP contribution in [0.4, 0.5) is 0 Å². The van der Waals surface area contributed by atoms with Crippen LogP contribution in [0.5, 0.6) is 0 Å². The Labute approximate surface area is 233 Å². The van der Waals surface area contributed by atoms with Crippen LogP contribution in [0.25, 0.3) is 60.9 Å². The standard InChI is InChI=1S/C38H28N2/c1-40-35-22-21-29(24-34(35)39-38(40)26-12-3-2-4-13-26)37-32-17-9-7-15-30(32)36(31-16-8-10-18-33(31)37)28-20-19-25-11-5-6-14-27(25)23-28/h2-23,29H,24H2,1H3. The highest BCUT2D eigenvalue weighted by Crippen LogP contribution is 2.44. The van der Waals surface area contributed by atoms with Gasteiger partial charge in [0.25, 0.3) is 0 Å². The molecule has 0 spiro atoms. The lowest BCUT2D eigenvalue weighted by Crippen LogP contribution is -2.08. The van der Waals surface area contributed by atoms with E-state index in [1.807, 2.05) is 0 Å². The van der Waals surface area contributed by atoms with Gasteiger partial charge in [0.2, 0.25) is 0 Å². The summed E-state index contributed by atoms with van der Waals surface area (Å²) in [6.07, 6.45) is 5.56. The molecule has 6 aromatic carbocycles. The molecule has 0 bridgehead atoms. The predicted octanol–water partition coefficient (Wildman–Crippen LogP) is 9.57. The minimum Gasteiger partial charge on any atom is -0.327 e. The Hall–Kier alpha value is -4.95. The average molecular weight is 513 g/mol. The van der Waals surface area contributed by atoms with Gasteiger partial charge in [0.1, 0.15) is 5.82 Å². The number of hydrogen-bond acceptors (Lipinski definition) is 1.